The van der Waals surface area contributed by atoms with Gasteiger partial charge in [0.1, 0.15) is 37.8 Å². The van der Waals surface area contributed by atoms with Crippen molar-refractivity contribution in [2.45, 2.75) is 0 Å². The molecule has 21 aromatic heterocycles. The number of aromatic nitrogens is 25. The number of para-hydroxylation sites is 5. The lowest BCUT2D eigenvalue weighted by atomic mass is 10.3. The van der Waals surface area contributed by atoms with E-state index in [9.17, 15) is 0 Å². The van der Waals surface area contributed by atoms with Gasteiger partial charge in [0.25, 0.3) is 0 Å². The van der Waals surface area contributed by atoms with Gasteiger partial charge in [-0.3, -0.25) is 50.0 Å². The number of pyridine rings is 2. The first-order chi connectivity index (χ1) is 65.3. The number of hydrogen-bond donors (Lipinski definition) is 5. The lowest BCUT2D eigenvalue weighted by Gasteiger charge is -1.90. The molecule has 0 fully saturated rings. The van der Waals surface area contributed by atoms with Crippen LogP contribution in [0.5, 0.6) is 0 Å². The molecule has 5 N–H and O–H groups in total. The number of imidazole rings is 2. The Morgan fingerprint density at radius 2 is 0.893 bits per heavy atom. The summed E-state index contributed by atoms with van der Waals surface area (Å²) in [6.07, 6.45) is 66.6. The van der Waals surface area contributed by atoms with Gasteiger partial charge in [0.05, 0.1) is 71.7 Å². The van der Waals surface area contributed by atoms with Crippen molar-refractivity contribution in [2.75, 3.05) is 6.54 Å². The Labute approximate surface area is 780 Å². The molecule has 0 unspecified atom stereocenters. The van der Waals surface area contributed by atoms with Gasteiger partial charge in [0, 0.05) is 191 Å². The van der Waals surface area contributed by atoms with Crippen LogP contribution in [-0.2, 0) is 0 Å². The molecule has 25 aromatic rings. The molecule has 0 atom stereocenters. The molecule has 0 amide bonds. The third kappa shape index (κ3) is 58.8. The topological polar surface area (TPSA) is 401 Å². The summed E-state index contributed by atoms with van der Waals surface area (Å²) in [7, 11) is 0. The highest BCUT2D eigenvalue weighted by molar-refractivity contribution is 7.25. The lowest BCUT2D eigenvalue weighted by Crippen LogP contribution is -1.78. The van der Waals surface area contributed by atoms with E-state index in [1.165, 1.54) is 86.2 Å². The van der Waals surface area contributed by atoms with Gasteiger partial charge in [0.2, 0.25) is 0 Å². The van der Waals surface area contributed by atoms with Crippen LogP contribution in [0.25, 0.3) is 52.5 Å². The number of azo groups is 1. The molecule has 36 heteroatoms. The van der Waals surface area contributed by atoms with E-state index in [1.54, 1.807) is 254 Å². The average molecular weight is 1850 g/mol. The highest BCUT2D eigenvalue weighted by atomic mass is 32.1. The van der Waals surface area contributed by atoms with Gasteiger partial charge in [-0.2, -0.15) is 26.7 Å². The van der Waals surface area contributed by atoms with E-state index in [1.807, 2.05) is 192 Å². The third-order valence-electron chi connectivity index (χ3n) is 13.6. The monoisotopic (exact) mass is 1850 g/mol. The largest absolute Gasteiger partial charge is 0.473 e. The molecular formula is C95H91N27O3S6. The summed E-state index contributed by atoms with van der Waals surface area (Å²) in [4.78, 5) is 75.5. The summed E-state index contributed by atoms with van der Waals surface area (Å²) in [5, 5.41) is 33.6. The third-order valence-corrected chi connectivity index (χ3v) is 18.0. The minimum atomic E-state index is 0.778. The Kier molecular flexibility index (Phi) is 62.1. The van der Waals surface area contributed by atoms with Crippen LogP contribution in [-0.4, -0.2) is 131 Å². The molecule has 1 aliphatic rings. The molecule has 1 aliphatic heterocycles. The molecule has 22 heterocycles. The number of thiophene rings is 4. The summed E-state index contributed by atoms with van der Waals surface area (Å²) in [6.45, 7) is 0.778. The number of rotatable bonds is 0. The molecular weight excluding hydrogens is 1760 g/mol. The van der Waals surface area contributed by atoms with Gasteiger partial charge in [-0.15, -0.1) is 45.3 Å². The van der Waals surface area contributed by atoms with Gasteiger partial charge in [-0.1, -0.05) is 90.1 Å². The van der Waals surface area contributed by atoms with Crippen LogP contribution in [0.2, 0.25) is 0 Å². The van der Waals surface area contributed by atoms with Crippen LogP contribution in [0.4, 0.5) is 0 Å². The minimum absolute atomic E-state index is 0.778. The SMILES string of the molecule is C1=CN=NC1.c1c[nH]cn1.c1cc2sccc2s1.c1cc[nH]c1.c1ccc2[nH]ccc2c1.c1ccc2[nH]cnc2c1.c1ccc2nccnc2c1.c1ccc2sccc2c1.c1ccncc1.c1ccncc1.c1ccoc1.c1ccsc1.c1cn[nH]c1.c1cnccn1.c1cnccn1.c1cncnc1.c1cnoc1.c1cnsc1.c1cocn1.c1cscn1.c1ncncn1. The predicted octanol–water partition coefficient (Wildman–Crippen LogP) is 24.2. The number of oxazole rings is 1. The summed E-state index contributed by atoms with van der Waals surface area (Å²) in [5.74, 6) is 0. The van der Waals surface area contributed by atoms with Crippen molar-refractivity contribution in [3.05, 3.63) is 511 Å². The Balaban J connectivity index is 0.000000213. The number of fused-ring (bicyclic) bond motifs is 5. The van der Waals surface area contributed by atoms with Crippen molar-refractivity contribution in [3.8, 4) is 0 Å². The molecule has 0 spiro atoms. The average Bonchev–Trinajstić information content (AvgIpc) is 1.80. The zero-order valence-corrected chi connectivity index (χ0v) is 75.1. The van der Waals surface area contributed by atoms with E-state index in [0.717, 1.165) is 28.6 Å². The van der Waals surface area contributed by atoms with E-state index in [-0.39, 0.29) is 0 Å². The highest BCUT2D eigenvalue weighted by Crippen LogP contribution is 2.25. The lowest BCUT2D eigenvalue weighted by molar-refractivity contribution is 0.420. The second-order valence-electron chi connectivity index (χ2n) is 22.6. The van der Waals surface area contributed by atoms with Crippen molar-refractivity contribution in [2.24, 2.45) is 10.2 Å². The van der Waals surface area contributed by atoms with Crippen molar-refractivity contribution >= 4 is 121 Å². The highest BCUT2D eigenvalue weighted by Gasteiger charge is 1.93. The zero-order chi connectivity index (χ0) is 91.3. The summed E-state index contributed by atoms with van der Waals surface area (Å²) >= 11 is 10.2. The first-order valence-corrected chi connectivity index (χ1v) is 44.2. The van der Waals surface area contributed by atoms with Crippen LogP contribution in [0.1, 0.15) is 0 Å². The molecule has 0 bridgehead atoms. The number of nitrogens with zero attached hydrogens (tertiary/aromatic N) is 22. The first-order valence-electron chi connectivity index (χ1n) is 38.8. The number of thiazole rings is 1. The van der Waals surface area contributed by atoms with E-state index in [4.69, 9.17) is 0 Å². The molecule has 0 saturated carbocycles. The summed E-state index contributed by atoms with van der Waals surface area (Å²) in [5.41, 5.74) is 7.02. The Bertz CT molecular complexity index is 5000. The maximum atomic E-state index is 4.58. The molecule has 660 valence electrons. The van der Waals surface area contributed by atoms with Crippen molar-refractivity contribution in [1.82, 2.24) is 124 Å². The molecule has 0 aliphatic carbocycles. The summed E-state index contributed by atoms with van der Waals surface area (Å²) in [6, 6.07) is 71.1. The van der Waals surface area contributed by atoms with E-state index < -0.39 is 0 Å². The Morgan fingerprint density at radius 1 is 0.298 bits per heavy atom. The smallest absolute Gasteiger partial charge is 0.180 e. The van der Waals surface area contributed by atoms with Gasteiger partial charge in [0.15, 0.2) is 6.39 Å². The number of benzene rings is 4. The number of nitrogens with one attached hydrogen (secondary N) is 5. The zero-order valence-electron chi connectivity index (χ0n) is 70.2. The van der Waals surface area contributed by atoms with Crippen LogP contribution in [0.15, 0.2) is 534 Å². The first kappa shape index (κ1) is 103. The molecule has 30 nitrogen and oxygen atoms in total. The number of aromatic amines is 5. The van der Waals surface area contributed by atoms with Gasteiger partial charge in [-0.05, 0) is 189 Å². The normalized spacial score (nSPS) is 9.13. The maximum absolute atomic E-state index is 4.58. The van der Waals surface area contributed by atoms with Crippen LogP contribution in [0.3, 0.4) is 0 Å². The van der Waals surface area contributed by atoms with Crippen molar-refractivity contribution in [3.63, 3.8) is 0 Å². The van der Waals surface area contributed by atoms with Crippen LogP contribution in [0, 0.1) is 0 Å². The summed E-state index contributed by atoms with van der Waals surface area (Å²) < 4.78 is 21.3. The molecule has 4 aromatic carbocycles. The fourth-order valence-electron chi connectivity index (χ4n) is 8.08. The fourth-order valence-corrected chi connectivity index (χ4v) is 11.8. The van der Waals surface area contributed by atoms with Crippen LogP contribution < -0.4 is 0 Å². The van der Waals surface area contributed by atoms with Crippen LogP contribution >= 0.6 is 68.2 Å². The minimum Gasteiger partial charge on any atom is -0.473 e. The van der Waals surface area contributed by atoms with E-state index in [2.05, 4.69) is 225 Å². The van der Waals surface area contributed by atoms with Crippen molar-refractivity contribution in [1.29, 1.82) is 0 Å². The Morgan fingerprint density at radius 3 is 1.23 bits per heavy atom. The predicted molar refractivity (Wildman–Crippen MR) is 527 cm³/mol. The van der Waals surface area contributed by atoms with E-state index in [0.29, 0.717) is 0 Å². The molecule has 0 radical (unpaired) electrons. The van der Waals surface area contributed by atoms with Crippen molar-refractivity contribution < 1.29 is 13.4 Å². The second kappa shape index (κ2) is 79.0. The second-order valence-corrected chi connectivity index (χ2v) is 27.8. The standard InChI is InChI=1S/C8H6N2.C8H7N.C8H6S.C7H6N2.C6H4S2.2C5H5N.3C4H4N2.C4H5N.C4H4O.C4H4S.C3H3N3.3C3H4N2.2C3H3NO.2C3H3NS/c1-2-4-8-7(3-1)9-5-6-10-8;2*1-2-4-8-7(3-1)5-6-9-8;1-2-4-7-6(3-1)8-5-9-7;1-3-7-6-2-4-8-5(1)6;2*1-2-4-6-5-3-1;2*1-2-6-4-3-5-1;1-2-5-4-6-3-1;3*1-2-4-5-3-1;1-4-2-6-3-5-1;1-2-5-3-4-1;2*1-2-4-5-3-1;1-2-5-3-4-1;1-2-4-5-3-1;1-2-5-3-4-1;1-2-4-5-3-1/h1-6H;1-6,9H;1-6H;1-5H,(H,8,9);1-4H;2*1-5H;3*1-4H;1-5H;2*1-4H;1-3H;1-3H,(H,4,5);1-2H,3H2;1-3H,(H,4,5);4*1-3H. The Hall–Kier alpha value is -16.9. The molecule has 0 saturated heterocycles. The van der Waals surface area contributed by atoms with E-state index >= 15 is 0 Å². The van der Waals surface area contributed by atoms with Gasteiger partial charge in [-0.25, -0.2) is 44.2 Å². The number of hydrogen-bond acceptors (Lipinski definition) is 31. The quantitative estimate of drug-likeness (QED) is 0.0941. The number of furan rings is 1. The molecule has 131 heavy (non-hydrogen) atoms. The van der Waals surface area contributed by atoms with Gasteiger partial charge < -0.3 is 33.3 Å². The number of H-pyrrole nitrogens is 5. The van der Waals surface area contributed by atoms with Gasteiger partial charge >= 0.3 is 0 Å². The molecule has 26 rings (SSSR count). The fraction of sp³-hybridized carbons (Fsp3) is 0.0105. The maximum Gasteiger partial charge on any atom is 0.180 e.